The van der Waals surface area contributed by atoms with E-state index >= 15 is 0 Å². The molecular formula is C41H38N6O5. The van der Waals surface area contributed by atoms with Gasteiger partial charge < -0.3 is 34.5 Å². The van der Waals surface area contributed by atoms with Gasteiger partial charge in [0.2, 0.25) is 23.6 Å². The second-order valence-electron chi connectivity index (χ2n) is 15.4. The monoisotopic (exact) mass is 694 g/mol. The van der Waals surface area contributed by atoms with Crippen LogP contribution in [0.4, 0.5) is 5.69 Å². The van der Waals surface area contributed by atoms with Crippen molar-refractivity contribution in [3.8, 4) is 39.8 Å². The van der Waals surface area contributed by atoms with Gasteiger partial charge in [-0.15, -0.1) is 0 Å². The number of hydrogen-bond donors (Lipinski definition) is 4. The minimum absolute atomic E-state index is 0.123. The molecule has 11 heteroatoms. The van der Waals surface area contributed by atoms with Crippen molar-refractivity contribution in [1.82, 2.24) is 25.6 Å². The van der Waals surface area contributed by atoms with Crippen LogP contribution in [0.2, 0.25) is 0 Å². The van der Waals surface area contributed by atoms with Crippen LogP contribution in [-0.2, 0) is 21.4 Å². The van der Waals surface area contributed by atoms with Gasteiger partial charge in [0, 0.05) is 56.9 Å². The maximum atomic E-state index is 14.2. The van der Waals surface area contributed by atoms with Crippen LogP contribution in [0.3, 0.4) is 0 Å². The fourth-order valence-electron chi connectivity index (χ4n) is 8.37. The highest BCUT2D eigenvalue weighted by Crippen LogP contribution is 2.61. The number of fused-ring (bicyclic) bond motifs is 7. The van der Waals surface area contributed by atoms with Gasteiger partial charge in [0.15, 0.2) is 23.4 Å². The number of carbonyl (C=O) groups is 2. The molecule has 4 aliphatic heterocycles. The zero-order chi connectivity index (χ0) is 35.7. The Hall–Kier alpha value is -5.84. The quantitative estimate of drug-likeness (QED) is 0.151. The van der Waals surface area contributed by atoms with Crippen LogP contribution in [0.25, 0.3) is 44.9 Å². The molecule has 52 heavy (non-hydrogen) atoms. The molecular weight excluding hydrogens is 656 g/mol. The summed E-state index contributed by atoms with van der Waals surface area (Å²) in [6.07, 6.45) is 3.97. The molecule has 0 saturated heterocycles. The summed E-state index contributed by atoms with van der Waals surface area (Å²) in [5.41, 5.74) is 6.29. The van der Waals surface area contributed by atoms with Gasteiger partial charge in [-0.3, -0.25) is 9.59 Å². The smallest absolute Gasteiger partial charge is 0.249 e. The minimum atomic E-state index is -1.02. The van der Waals surface area contributed by atoms with Gasteiger partial charge in [-0.1, -0.05) is 77.1 Å². The number of ether oxygens (including phenoxy) is 1. The Morgan fingerprint density at radius 3 is 2.69 bits per heavy atom. The molecule has 3 aromatic heterocycles. The molecule has 262 valence electrons. The van der Waals surface area contributed by atoms with E-state index in [-0.39, 0.29) is 24.2 Å². The average molecular weight is 695 g/mol. The molecule has 10 rings (SSSR count). The van der Waals surface area contributed by atoms with E-state index < -0.39 is 29.1 Å². The molecule has 0 aliphatic carbocycles. The third-order valence-corrected chi connectivity index (χ3v) is 11.6. The second-order valence-corrected chi connectivity index (χ2v) is 15.4. The Bertz CT molecular complexity index is 2490. The molecule has 0 fully saturated rings. The number of oxazole rings is 2. The van der Waals surface area contributed by atoms with Crippen LogP contribution < -0.4 is 20.7 Å². The van der Waals surface area contributed by atoms with Crippen molar-refractivity contribution in [2.24, 2.45) is 11.3 Å². The summed E-state index contributed by atoms with van der Waals surface area (Å²) in [5.74, 6) is 1.78. The number of aromatic nitrogens is 3. The van der Waals surface area contributed by atoms with Gasteiger partial charge in [-0.05, 0) is 35.6 Å². The van der Waals surface area contributed by atoms with Crippen LogP contribution in [0.15, 0.2) is 75.8 Å². The molecule has 0 radical (unpaired) electrons. The fourth-order valence-corrected chi connectivity index (χ4v) is 8.37. The number of aromatic amines is 1. The standard InChI is InChI=1S/C41H38N6O5/c1-6-40(4,5)38(49)44-27-16-20-13-14-28-25(15-20)41-24-11-7-10-22(32(24)47-39(41)51-28)21-9-8-12-26-30(21)23(17-42-26)29-18-43-36(50-29)33-34(41)52-37(46-33)31(19(2)3)45-35(27)48/h7-15,17-19,27,31,39,42,47H,6,16H2,1-5H3,(H,44,49)(H,45,48)/t27-,31-,39?,41-/m0/s1. The van der Waals surface area contributed by atoms with Crippen molar-refractivity contribution >= 4 is 28.4 Å². The fraction of sp³-hybridized carbons (Fsp3) is 0.317. The molecule has 10 bridgehead atoms. The van der Waals surface area contributed by atoms with Gasteiger partial charge in [-0.25, -0.2) is 9.97 Å². The van der Waals surface area contributed by atoms with Gasteiger partial charge in [0.25, 0.3) is 0 Å². The third-order valence-electron chi connectivity index (χ3n) is 11.6. The number of nitrogens with zero attached hydrogens (tertiary/aromatic N) is 2. The number of hydrogen-bond acceptors (Lipinski definition) is 8. The van der Waals surface area contributed by atoms with E-state index in [1.165, 1.54) is 0 Å². The molecule has 7 heterocycles. The first-order valence-corrected chi connectivity index (χ1v) is 18.0. The molecule has 0 saturated carbocycles. The molecule has 4 N–H and O–H groups in total. The predicted molar refractivity (Wildman–Crippen MR) is 195 cm³/mol. The van der Waals surface area contributed by atoms with Crippen molar-refractivity contribution < 1.29 is 23.2 Å². The van der Waals surface area contributed by atoms with Crippen LogP contribution in [0.1, 0.15) is 75.4 Å². The highest BCUT2D eigenvalue weighted by Gasteiger charge is 2.61. The largest absolute Gasteiger partial charge is 0.469 e. The van der Waals surface area contributed by atoms with Crippen LogP contribution in [0, 0.1) is 11.3 Å². The summed E-state index contributed by atoms with van der Waals surface area (Å²) < 4.78 is 20.5. The van der Waals surface area contributed by atoms with Gasteiger partial charge in [-0.2, -0.15) is 0 Å². The van der Waals surface area contributed by atoms with Gasteiger partial charge in [0.1, 0.15) is 23.2 Å². The highest BCUT2D eigenvalue weighted by molar-refractivity contribution is 6.07. The first kappa shape index (κ1) is 30.9. The van der Waals surface area contributed by atoms with E-state index in [4.69, 9.17) is 23.5 Å². The molecule has 4 aliphatic rings. The molecule has 1 unspecified atom stereocenters. The van der Waals surface area contributed by atoms with E-state index in [0.717, 1.165) is 50.0 Å². The summed E-state index contributed by atoms with van der Waals surface area (Å²) >= 11 is 0. The average Bonchev–Trinajstić information content (AvgIpc) is 3.95. The lowest BCUT2D eigenvalue weighted by atomic mass is 9.72. The zero-order valence-corrected chi connectivity index (χ0v) is 29.5. The lowest BCUT2D eigenvalue weighted by Crippen LogP contribution is -2.52. The van der Waals surface area contributed by atoms with E-state index in [2.05, 4.69) is 63.4 Å². The number of amides is 2. The van der Waals surface area contributed by atoms with Crippen LogP contribution >= 0.6 is 0 Å². The highest BCUT2D eigenvalue weighted by atomic mass is 16.5. The Morgan fingerprint density at radius 1 is 1.04 bits per heavy atom. The second kappa shape index (κ2) is 10.6. The van der Waals surface area contributed by atoms with Crippen molar-refractivity contribution in [3.05, 3.63) is 95.3 Å². The number of nitrogens with one attached hydrogen (secondary N) is 4. The van der Waals surface area contributed by atoms with E-state index in [9.17, 15) is 9.59 Å². The maximum absolute atomic E-state index is 14.2. The predicted octanol–water partition coefficient (Wildman–Crippen LogP) is 7.23. The molecule has 6 aromatic rings. The Balaban J connectivity index is 1.28. The van der Waals surface area contributed by atoms with Gasteiger partial charge >= 0.3 is 0 Å². The number of benzene rings is 3. The van der Waals surface area contributed by atoms with Crippen molar-refractivity contribution in [3.63, 3.8) is 0 Å². The topological polar surface area (TPSA) is 147 Å². The molecule has 11 nitrogen and oxygen atoms in total. The molecule has 4 atom stereocenters. The van der Waals surface area contributed by atoms with Crippen molar-refractivity contribution in [2.75, 3.05) is 5.32 Å². The minimum Gasteiger partial charge on any atom is -0.469 e. The first-order chi connectivity index (χ1) is 25.1. The van der Waals surface area contributed by atoms with Crippen LogP contribution in [-0.4, -0.2) is 39.0 Å². The number of H-pyrrole nitrogens is 1. The summed E-state index contributed by atoms with van der Waals surface area (Å²) in [6, 6.07) is 17.1. The SMILES string of the molecule is CCC(C)(C)C(=O)N[C@H]1Cc2ccc3c(c2)[C@]24c5cccc(c5NC2O3)-c2cccc3[nH]cc(c23)-c2cnc(o2)-c2nc(oc24)[C@H](C(C)C)NC1=O. The summed E-state index contributed by atoms with van der Waals surface area (Å²) in [7, 11) is 0. The first-order valence-electron chi connectivity index (χ1n) is 18.0. The lowest BCUT2D eigenvalue weighted by Gasteiger charge is -2.30. The maximum Gasteiger partial charge on any atom is 0.249 e. The summed E-state index contributed by atoms with van der Waals surface area (Å²) in [6.45, 7) is 9.76. The summed E-state index contributed by atoms with van der Waals surface area (Å²) in [5, 5.41) is 11.1. The molecule has 2 amide bonds. The Morgan fingerprint density at radius 2 is 1.87 bits per heavy atom. The Kier molecular flexibility index (Phi) is 6.31. The summed E-state index contributed by atoms with van der Waals surface area (Å²) in [4.78, 5) is 41.2. The number of rotatable bonds is 4. The lowest BCUT2D eigenvalue weighted by molar-refractivity contribution is -0.134. The third kappa shape index (κ3) is 4.07. The van der Waals surface area contributed by atoms with E-state index in [1.54, 1.807) is 6.20 Å². The molecule has 3 aromatic carbocycles. The van der Waals surface area contributed by atoms with E-state index in [0.29, 0.717) is 41.2 Å². The molecule has 1 spiro atoms. The van der Waals surface area contributed by atoms with Gasteiger partial charge in [0.05, 0.1) is 6.20 Å². The van der Waals surface area contributed by atoms with Crippen molar-refractivity contribution in [2.45, 2.75) is 71.2 Å². The Labute approximate surface area is 299 Å². The van der Waals surface area contributed by atoms with Crippen molar-refractivity contribution in [1.29, 1.82) is 0 Å². The van der Waals surface area contributed by atoms with Crippen LogP contribution in [0.5, 0.6) is 5.75 Å². The van der Waals surface area contributed by atoms with E-state index in [1.807, 2.05) is 52.9 Å². The normalized spacial score (nSPS) is 22.2. The number of anilines is 1. The zero-order valence-electron chi connectivity index (χ0n) is 29.5. The number of carbonyl (C=O) groups excluding carboxylic acids is 2. The number of para-hydroxylation sites is 1.